The van der Waals surface area contributed by atoms with Gasteiger partial charge in [0, 0.05) is 11.4 Å². The van der Waals surface area contributed by atoms with Crippen LogP contribution in [0.4, 0.5) is 0 Å². The zero-order valence-electron chi connectivity index (χ0n) is 11.2. The molecule has 0 aliphatic heterocycles. The number of rotatable bonds is 7. The number of benzene rings is 1. The highest BCUT2D eigenvalue weighted by molar-refractivity contribution is 7.98. The highest BCUT2D eigenvalue weighted by Crippen LogP contribution is 2.19. The third kappa shape index (κ3) is 6.71. The fraction of sp³-hybridized carbons (Fsp3) is 0.462. The lowest BCUT2D eigenvalue weighted by Gasteiger charge is -2.14. The summed E-state index contributed by atoms with van der Waals surface area (Å²) in [6, 6.07) is 7.68. The van der Waals surface area contributed by atoms with Gasteiger partial charge >= 0.3 is 0 Å². The molecule has 6 heteroatoms. The second-order valence-electron chi connectivity index (χ2n) is 3.87. The van der Waals surface area contributed by atoms with Crippen LogP contribution in [0.3, 0.4) is 0 Å². The van der Waals surface area contributed by atoms with Crippen LogP contribution in [0.5, 0.6) is 5.75 Å². The molecule has 0 heterocycles. The van der Waals surface area contributed by atoms with E-state index >= 15 is 0 Å². The van der Waals surface area contributed by atoms with Crippen LogP contribution in [-0.2, 0) is 4.79 Å². The predicted octanol–water partition coefficient (Wildman–Crippen LogP) is 2.06. The summed E-state index contributed by atoms with van der Waals surface area (Å²) in [6.07, 6.45) is 2.30. The summed E-state index contributed by atoms with van der Waals surface area (Å²) in [5.74, 6) is 0.590. The van der Waals surface area contributed by atoms with Crippen LogP contribution in [0.25, 0.3) is 0 Å². The first-order chi connectivity index (χ1) is 8.67. The fourth-order valence-corrected chi connectivity index (χ4v) is 1.78. The van der Waals surface area contributed by atoms with Gasteiger partial charge in [0.2, 0.25) is 0 Å². The lowest BCUT2D eigenvalue weighted by molar-refractivity contribution is -0.127. The van der Waals surface area contributed by atoms with Crippen molar-refractivity contribution in [2.24, 2.45) is 5.73 Å². The average molecular weight is 305 g/mol. The van der Waals surface area contributed by atoms with Crippen LogP contribution < -0.4 is 15.8 Å². The number of hydrogen-bond donors (Lipinski definition) is 2. The van der Waals surface area contributed by atoms with E-state index in [9.17, 15) is 4.79 Å². The Morgan fingerprint density at radius 3 is 2.58 bits per heavy atom. The summed E-state index contributed by atoms with van der Waals surface area (Å²) in [7, 11) is 0. The first kappa shape index (κ1) is 18.1. The van der Waals surface area contributed by atoms with Gasteiger partial charge in [0.25, 0.3) is 5.91 Å². The van der Waals surface area contributed by atoms with Gasteiger partial charge in [-0.2, -0.15) is 0 Å². The maximum atomic E-state index is 11.7. The molecule has 1 amide bonds. The van der Waals surface area contributed by atoms with E-state index in [0.29, 0.717) is 18.8 Å². The van der Waals surface area contributed by atoms with Crippen molar-refractivity contribution >= 4 is 30.1 Å². The van der Waals surface area contributed by atoms with Crippen molar-refractivity contribution < 1.29 is 9.53 Å². The third-order valence-electron chi connectivity index (χ3n) is 2.42. The SMILES string of the molecule is CSc1ccc(OC(C)C(=O)NCCCN)cc1.Cl. The Bertz CT molecular complexity index is 373. The van der Waals surface area contributed by atoms with Gasteiger partial charge in [-0.3, -0.25) is 4.79 Å². The van der Waals surface area contributed by atoms with Crippen molar-refractivity contribution in [1.82, 2.24) is 5.32 Å². The minimum atomic E-state index is -0.497. The van der Waals surface area contributed by atoms with Gasteiger partial charge < -0.3 is 15.8 Å². The summed E-state index contributed by atoms with van der Waals surface area (Å²) in [4.78, 5) is 12.8. The zero-order chi connectivity index (χ0) is 13.4. The Hall–Kier alpha value is -0.910. The monoisotopic (exact) mass is 304 g/mol. The van der Waals surface area contributed by atoms with Gasteiger partial charge in [-0.25, -0.2) is 0 Å². The summed E-state index contributed by atoms with van der Waals surface area (Å²) < 4.78 is 5.55. The van der Waals surface area contributed by atoms with Crippen molar-refractivity contribution in [2.45, 2.75) is 24.3 Å². The molecule has 19 heavy (non-hydrogen) atoms. The molecule has 4 nitrogen and oxygen atoms in total. The molecular weight excluding hydrogens is 284 g/mol. The number of carbonyl (C=O) groups is 1. The minimum absolute atomic E-state index is 0. The number of nitrogens with one attached hydrogen (secondary N) is 1. The zero-order valence-corrected chi connectivity index (χ0v) is 12.9. The maximum absolute atomic E-state index is 11.7. The van der Waals surface area contributed by atoms with Crippen LogP contribution in [-0.4, -0.2) is 31.4 Å². The highest BCUT2D eigenvalue weighted by atomic mass is 35.5. The van der Waals surface area contributed by atoms with Gasteiger partial charge in [-0.05, 0) is 50.4 Å². The van der Waals surface area contributed by atoms with Gasteiger partial charge in [-0.15, -0.1) is 24.2 Å². The van der Waals surface area contributed by atoms with E-state index in [1.165, 1.54) is 4.90 Å². The molecule has 0 fully saturated rings. The average Bonchev–Trinajstić information content (AvgIpc) is 2.39. The molecule has 0 aromatic heterocycles. The number of thioether (sulfide) groups is 1. The third-order valence-corrected chi connectivity index (χ3v) is 3.17. The second kappa shape index (κ2) is 9.95. The van der Waals surface area contributed by atoms with Gasteiger partial charge in [0.05, 0.1) is 0 Å². The minimum Gasteiger partial charge on any atom is -0.481 e. The van der Waals surface area contributed by atoms with E-state index in [4.69, 9.17) is 10.5 Å². The van der Waals surface area contributed by atoms with Crippen LogP contribution in [0, 0.1) is 0 Å². The quantitative estimate of drug-likeness (QED) is 0.598. The van der Waals surface area contributed by atoms with Crippen LogP contribution in [0.15, 0.2) is 29.2 Å². The highest BCUT2D eigenvalue weighted by Gasteiger charge is 2.13. The van der Waals surface area contributed by atoms with E-state index in [1.54, 1.807) is 18.7 Å². The molecule has 1 aromatic carbocycles. The lowest BCUT2D eigenvalue weighted by atomic mass is 10.3. The molecule has 1 rings (SSSR count). The largest absolute Gasteiger partial charge is 0.481 e. The van der Waals surface area contributed by atoms with Crippen molar-refractivity contribution in [2.75, 3.05) is 19.3 Å². The van der Waals surface area contributed by atoms with Crippen molar-refractivity contribution in [3.8, 4) is 5.75 Å². The molecule has 0 saturated carbocycles. The van der Waals surface area contributed by atoms with E-state index < -0.39 is 6.10 Å². The normalized spacial score (nSPS) is 11.3. The molecule has 3 N–H and O–H groups in total. The number of ether oxygens (including phenoxy) is 1. The summed E-state index contributed by atoms with van der Waals surface area (Å²) in [5.41, 5.74) is 5.36. The Labute approximate surface area is 124 Å². The van der Waals surface area contributed by atoms with Crippen molar-refractivity contribution in [1.29, 1.82) is 0 Å². The van der Waals surface area contributed by atoms with E-state index in [0.717, 1.165) is 6.42 Å². The first-order valence-electron chi connectivity index (χ1n) is 5.96. The Kier molecular flexibility index (Phi) is 9.47. The smallest absolute Gasteiger partial charge is 0.260 e. The molecule has 0 saturated heterocycles. The molecule has 0 aliphatic rings. The first-order valence-corrected chi connectivity index (χ1v) is 7.18. The predicted molar refractivity (Wildman–Crippen MR) is 82.2 cm³/mol. The van der Waals surface area contributed by atoms with Gasteiger partial charge in [0.15, 0.2) is 6.10 Å². The van der Waals surface area contributed by atoms with Crippen LogP contribution in [0.2, 0.25) is 0 Å². The molecule has 1 aromatic rings. The fourth-order valence-electron chi connectivity index (χ4n) is 1.37. The number of carbonyl (C=O) groups excluding carboxylic acids is 1. The molecule has 0 spiro atoms. The Morgan fingerprint density at radius 2 is 2.05 bits per heavy atom. The van der Waals surface area contributed by atoms with Crippen molar-refractivity contribution in [3.05, 3.63) is 24.3 Å². The van der Waals surface area contributed by atoms with E-state index in [2.05, 4.69) is 5.32 Å². The standard InChI is InChI=1S/C13H20N2O2S.ClH/c1-10(13(16)15-9-3-8-14)17-11-4-6-12(18-2)7-5-11;/h4-7,10H,3,8-9,14H2,1-2H3,(H,15,16);1H. The Balaban J connectivity index is 0.00000324. The van der Waals surface area contributed by atoms with Crippen LogP contribution in [0.1, 0.15) is 13.3 Å². The molecule has 108 valence electrons. The maximum Gasteiger partial charge on any atom is 0.260 e. The number of amides is 1. The molecule has 0 aliphatic carbocycles. The molecule has 1 unspecified atom stereocenters. The molecule has 0 bridgehead atoms. The Morgan fingerprint density at radius 1 is 1.42 bits per heavy atom. The number of nitrogens with two attached hydrogens (primary N) is 1. The summed E-state index contributed by atoms with van der Waals surface area (Å²) in [6.45, 7) is 2.90. The topological polar surface area (TPSA) is 64.3 Å². The number of halogens is 1. The molecular formula is C13H21ClN2O2S. The molecule has 0 radical (unpaired) electrons. The van der Waals surface area contributed by atoms with E-state index in [1.807, 2.05) is 30.5 Å². The summed E-state index contributed by atoms with van der Waals surface area (Å²) >= 11 is 1.67. The lowest BCUT2D eigenvalue weighted by Crippen LogP contribution is -2.37. The molecule has 1 atom stereocenters. The van der Waals surface area contributed by atoms with Crippen molar-refractivity contribution in [3.63, 3.8) is 0 Å². The summed E-state index contributed by atoms with van der Waals surface area (Å²) in [5, 5.41) is 2.78. The van der Waals surface area contributed by atoms with Gasteiger partial charge in [-0.1, -0.05) is 0 Å². The van der Waals surface area contributed by atoms with Crippen LogP contribution >= 0.6 is 24.2 Å². The number of hydrogen-bond acceptors (Lipinski definition) is 4. The van der Waals surface area contributed by atoms with E-state index in [-0.39, 0.29) is 18.3 Å². The van der Waals surface area contributed by atoms with Gasteiger partial charge in [0.1, 0.15) is 5.75 Å². The second-order valence-corrected chi connectivity index (χ2v) is 4.75.